The third-order valence-electron chi connectivity index (χ3n) is 4.14. The van der Waals surface area contributed by atoms with Crippen molar-refractivity contribution in [2.45, 2.75) is 37.6 Å². The first kappa shape index (κ1) is 10.2. The second-order valence-corrected chi connectivity index (χ2v) is 5.16. The molecule has 2 aliphatic rings. The molecular weight excluding hydrogens is 198 g/mol. The van der Waals surface area contributed by atoms with Crippen LogP contribution in [0.4, 0.5) is 0 Å². The van der Waals surface area contributed by atoms with Crippen molar-refractivity contribution >= 4 is 0 Å². The first-order valence-corrected chi connectivity index (χ1v) is 6.36. The van der Waals surface area contributed by atoms with Crippen LogP contribution in [0.3, 0.4) is 0 Å². The summed E-state index contributed by atoms with van der Waals surface area (Å²) in [6.45, 7) is 2.47. The molecule has 2 heterocycles. The number of hydrogen-bond acceptors (Lipinski definition) is 2. The molecule has 2 saturated heterocycles. The molecule has 0 aliphatic carbocycles. The van der Waals surface area contributed by atoms with E-state index in [0.29, 0.717) is 11.7 Å². The molecule has 0 aromatic heterocycles. The van der Waals surface area contributed by atoms with Gasteiger partial charge in [0.2, 0.25) is 0 Å². The minimum absolute atomic E-state index is 0.404. The summed E-state index contributed by atoms with van der Waals surface area (Å²) in [6, 6.07) is 8.65. The lowest BCUT2D eigenvalue weighted by atomic mass is 9.88. The Balaban J connectivity index is 1.76. The van der Waals surface area contributed by atoms with Gasteiger partial charge in [-0.25, -0.2) is 0 Å². The van der Waals surface area contributed by atoms with Gasteiger partial charge in [0.05, 0.1) is 0 Å². The lowest BCUT2D eigenvalue weighted by Gasteiger charge is -2.35. The number of phenols is 1. The van der Waals surface area contributed by atoms with E-state index in [0.717, 1.165) is 6.04 Å². The molecule has 1 N–H and O–H groups in total. The van der Waals surface area contributed by atoms with E-state index in [1.807, 2.05) is 12.1 Å². The summed E-state index contributed by atoms with van der Waals surface area (Å²) >= 11 is 0. The highest BCUT2D eigenvalue weighted by Gasteiger charge is 2.31. The Bertz CT molecular complexity index is 377. The van der Waals surface area contributed by atoms with Gasteiger partial charge in [-0.1, -0.05) is 12.1 Å². The molecule has 2 fully saturated rings. The minimum Gasteiger partial charge on any atom is -0.508 e. The van der Waals surface area contributed by atoms with Crippen LogP contribution in [0, 0.1) is 0 Å². The molecule has 0 bridgehead atoms. The van der Waals surface area contributed by atoms with Crippen molar-refractivity contribution in [2.75, 3.05) is 13.1 Å². The Morgan fingerprint density at radius 1 is 1.19 bits per heavy atom. The molecule has 3 rings (SSSR count). The molecule has 2 atom stereocenters. The number of hydrogen-bond donors (Lipinski definition) is 1. The van der Waals surface area contributed by atoms with Crippen molar-refractivity contribution in [1.82, 2.24) is 4.90 Å². The van der Waals surface area contributed by atoms with Crippen LogP contribution < -0.4 is 0 Å². The van der Waals surface area contributed by atoms with Gasteiger partial charge in [0.15, 0.2) is 0 Å². The molecule has 1 aromatic carbocycles. The fraction of sp³-hybridized carbons (Fsp3) is 0.571. The highest BCUT2D eigenvalue weighted by Crippen LogP contribution is 2.35. The quantitative estimate of drug-likeness (QED) is 0.782. The van der Waals surface area contributed by atoms with Crippen LogP contribution in [0.25, 0.3) is 0 Å². The molecular formula is C14H19NO. The van der Waals surface area contributed by atoms with Crippen LogP contribution in [0.15, 0.2) is 24.3 Å². The molecule has 2 nitrogen and oxygen atoms in total. The molecule has 0 radical (unpaired) electrons. The number of nitrogens with zero attached hydrogens (tertiary/aromatic N) is 1. The Kier molecular flexibility index (Phi) is 2.60. The van der Waals surface area contributed by atoms with Gasteiger partial charge in [-0.3, -0.25) is 4.90 Å². The molecule has 86 valence electrons. The topological polar surface area (TPSA) is 23.5 Å². The zero-order valence-electron chi connectivity index (χ0n) is 9.60. The average Bonchev–Trinajstić information content (AvgIpc) is 2.75. The van der Waals surface area contributed by atoms with E-state index in [9.17, 15) is 5.11 Å². The van der Waals surface area contributed by atoms with E-state index in [1.54, 1.807) is 6.07 Å². The Morgan fingerprint density at radius 2 is 2.12 bits per heavy atom. The number of phenolic OH excluding ortho intramolecular Hbond substituents is 1. The summed E-state index contributed by atoms with van der Waals surface area (Å²) in [5.41, 5.74) is 1.31. The normalized spacial score (nSPS) is 30.2. The summed E-state index contributed by atoms with van der Waals surface area (Å²) in [5, 5.41) is 9.52. The molecule has 0 spiro atoms. The molecule has 0 saturated carbocycles. The van der Waals surface area contributed by atoms with E-state index < -0.39 is 0 Å². The molecule has 2 heteroatoms. The predicted molar refractivity (Wildman–Crippen MR) is 64.7 cm³/mol. The Labute approximate surface area is 96.9 Å². The summed E-state index contributed by atoms with van der Waals surface area (Å²) in [4.78, 5) is 2.64. The fourth-order valence-electron chi connectivity index (χ4n) is 3.28. The van der Waals surface area contributed by atoms with E-state index in [-0.39, 0.29) is 0 Å². The SMILES string of the molecule is Oc1cccc([C@@H]2CC[C@H]3CCCN3C2)c1. The second kappa shape index (κ2) is 4.10. The molecule has 16 heavy (non-hydrogen) atoms. The van der Waals surface area contributed by atoms with Gasteiger partial charge in [-0.15, -0.1) is 0 Å². The van der Waals surface area contributed by atoms with Crippen molar-refractivity contribution in [3.05, 3.63) is 29.8 Å². The van der Waals surface area contributed by atoms with E-state index in [4.69, 9.17) is 0 Å². The molecule has 0 unspecified atom stereocenters. The summed E-state index contributed by atoms with van der Waals surface area (Å²) in [5.74, 6) is 1.03. The number of fused-ring (bicyclic) bond motifs is 1. The third kappa shape index (κ3) is 1.82. The fourth-order valence-corrected chi connectivity index (χ4v) is 3.28. The maximum Gasteiger partial charge on any atom is 0.115 e. The standard InChI is InChI=1S/C14H19NO/c16-14-5-1-3-11(9-14)12-6-7-13-4-2-8-15(13)10-12/h1,3,5,9,12-13,16H,2,4,6-8,10H2/t12-,13-/m1/s1. The van der Waals surface area contributed by atoms with E-state index in [2.05, 4.69) is 11.0 Å². The van der Waals surface area contributed by atoms with Gasteiger partial charge in [-0.05, 0) is 55.8 Å². The van der Waals surface area contributed by atoms with Crippen LogP contribution in [0.5, 0.6) is 5.75 Å². The maximum atomic E-state index is 9.52. The van der Waals surface area contributed by atoms with Crippen molar-refractivity contribution in [3.63, 3.8) is 0 Å². The monoisotopic (exact) mass is 217 g/mol. The van der Waals surface area contributed by atoms with Gasteiger partial charge in [0, 0.05) is 12.6 Å². The Hall–Kier alpha value is -1.02. The number of benzene rings is 1. The van der Waals surface area contributed by atoms with E-state index >= 15 is 0 Å². The van der Waals surface area contributed by atoms with Crippen LogP contribution in [0.2, 0.25) is 0 Å². The Morgan fingerprint density at radius 3 is 3.00 bits per heavy atom. The highest BCUT2D eigenvalue weighted by molar-refractivity contribution is 5.30. The summed E-state index contributed by atoms with van der Waals surface area (Å²) in [6.07, 6.45) is 5.38. The van der Waals surface area contributed by atoms with Crippen molar-refractivity contribution in [2.24, 2.45) is 0 Å². The zero-order chi connectivity index (χ0) is 11.0. The summed E-state index contributed by atoms with van der Waals surface area (Å²) < 4.78 is 0. The van der Waals surface area contributed by atoms with Crippen LogP contribution >= 0.6 is 0 Å². The lowest BCUT2D eigenvalue weighted by molar-refractivity contribution is 0.178. The van der Waals surface area contributed by atoms with Gasteiger partial charge in [0.25, 0.3) is 0 Å². The summed E-state index contributed by atoms with van der Waals surface area (Å²) in [7, 11) is 0. The largest absolute Gasteiger partial charge is 0.508 e. The number of piperidine rings is 1. The van der Waals surface area contributed by atoms with Crippen molar-refractivity contribution in [3.8, 4) is 5.75 Å². The first-order valence-electron chi connectivity index (χ1n) is 6.36. The van der Waals surface area contributed by atoms with Crippen LogP contribution in [-0.4, -0.2) is 29.1 Å². The molecule has 2 aliphatic heterocycles. The molecule has 1 aromatic rings. The van der Waals surface area contributed by atoms with Crippen molar-refractivity contribution in [1.29, 1.82) is 0 Å². The minimum atomic E-state index is 0.404. The second-order valence-electron chi connectivity index (χ2n) is 5.16. The van der Waals surface area contributed by atoms with E-state index in [1.165, 1.54) is 44.3 Å². The smallest absolute Gasteiger partial charge is 0.115 e. The van der Waals surface area contributed by atoms with Gasteiger partial charge < -0.3 is 5.11 Å². The lowest BCUT2D eigenvalue weighted by Crippen LogP contribution is -2.37. The number of rotatable bonds is 1. The van der Waals surface area contributed by atoms with Gasteiger partial charge >= 0.3 is 0 Å². The number of aromatic hydroxyl groups is 1. The zero-order valence-corrected chi connectivity index (χ0v) is 9.60. The predicted octanol–water partition coefficient (Wildman–Crippen LogP) is 2.73. The van der Waals surface area contributed by atoms with Gasteiger partial charge in [0.1, 0.15) is 5.75 Å². The first-order chi connectivity index (χ1) is 7.83. The van der Waals surface area contributed by atoms with Crippen molar-refractivity contribution < 1.29 is 5.11 Å². The van der Waals surface area contributed by atoms with Gasteiger partial charge in [-0.2, -0.15) is 0 Å². The maximum absolute atomic E-state index is 9.52. The molecule has 0 amide bonds. The van der Waals surface area contributed by atoms with Crippen LogP contribution in [0.1, 0.15) is 37.2 Å². The average molecular weight is 217 g/mol. The highest BCUT2D eigenvalue weighted by atomic mass is 16.3. The third-order valence-corrected chi connectivity index (χ3v) is 4.14. The van der Waals surface area contributed by atoms with Crippen LogP contribution in [-0.2, 0) is 0 Å².